The number of halogens is 4. The molecule has 5 heteroatoms. The highest BCUT2D eigenvalue weighted by Crippen LogP contribution is 2.34. The van der Waals surface area contributed by atoms with Crippen LogP contribution in [0.3, 0.4) is 0 Å². The zero-order chi connectivity index (χ0) is 13.2. The van der Waals surface area contributed by atoms with E-state index in [1.807, 2.05) is 6.07 Å². The third-order valence-corrected chi connectivity index (χ3v) is 2.74. The van der Waals surface area contributed by atoms with E-state index in [2.05, 4.69) is 0 Å². The Morgan fingerprint density at radius 2 is 1.53 bits per heavy atom. The van der Waals surface area contributed by atoms with Crippen molar-refractivity contribution in [3.8, 4) is 11.1 Å². The van der Waals surface area contributed by atoms with Gasteiger partial charge in [0, 0.05) is 6.54 Å². The average Bonchev–Trinajstić information content (AvgIpc) is 2.38. The van der Waals surface area contributed by atoms with Crippen LogP contribution in [-0.2, 0) is 12.7 Å². The van der Waals surface area contributed by atoms with Gasteiger partial charge in [-0.2, -0.15) is 13.2 Å². The Kier molecular flexibility index (Phi) is 4.97. The van der Waals surface area contributed by atoms with E-state index in [1.165, 1.54) is 6.07 Å². The summed E-state index contributed by atoms with van der Waals surface area (Å²) >= 11 is 0. The Morgan fingerprint density at radius 1 is 0.895 bits per heavy atom. The highest BCUT2D eigenvalue weighted by Gasteiger charge is 2.33. The minimum Gasteiger partial charge on any atom is -0.326 e. The Balaban J connectivity index is 0.00000180. The molecule has 0 aliphatic heterocycles. The van der Waals surface area contributed by atoms with Gasteiger partial charge < -0.3 is 5.73 Å². The van der Waals surface area contributed by atoms with Gasteiger partial charge in [0.15, 0.2) is 0 Å². The second-order valence-corrected chi connectivity index (χ2v) is 3.94. The van der Waals surface area contributed by atoms with Gasteiger partial charge in [-0.1, -0.05) is 42.5 Å². The van der Waals surface area contributed by atoms with Gasteiger partial charge in [0.25, 0.3) is 0 Å². The second kappa shape index (κ2) is 6.08. The van der Waals surface area contributed by atoms with Gasteiger partial charge in [0.2, 0.25) is 0 Å². The Labute approximate surface area is 115 Å². The first kappa shape index (κ1) is 15.5. The molecule has 102 valence electrons. The van der Waals surface area contributed by atoms with Gasteiger partial charge in [-0.15, -0.1) is 12.4 Å². The molecule has 2 aromatic carbocycles. The molecule has 0 bridgehead atoms. The molecule has 0 radical (unpaired) electrons. The van der Waals surface area contributed by atoms with E-state index >= 15 is 0 Å². The summed E-state index contributed by atoms with van der Waals surface area (Å²) in [6, 6.07) is 13.2. The van der Waals surface area contributed by atoms with Gasteiger partial charge >= 0.3 is 6.18 Å². The van der Waals surface area contributed by atoms with E-state index in [1.54, 1.807) is 30.3 Å². The molecule has 0 heterocycles. The zero-order valence-corrected chi connectivity index (χ0v) is 10.8. The van der Waals surface area contributed by atoms with Crippen LogP contribution in [0.5, 0.6) is 0 Å². The lowest BCUT2D eigenvalue weighted by Gasteiger charge is -2.13. The third kappa shape index (κ3) is 3.49. The third-order valence-electron chi connectivity index (χ3n) is 2.74. The van der Waals surface area contributed by atoms with E-state index in [-0.39, 0.29) is 24.5 Å². The summed E-state index contributed by atoms with van der Waals surface area (Å²) in [5, 5.41) is 0. The molecule has 0 aromatic heterocycles. The first-order valence-corrected chi connectivity index (χ1v) is 5.48. The number of hydrogen-bond acceptors (Lipinski definition) is 1. The largest absolute Gasteiger partial charge is 0.416 e. The predicted octanol–water partition coefficient (Wildman–Crippen LogP) is 4.25. The van der Waals surface area contributed by atoms with Crippen LogP contribution < -0.4 is 5.73 Å². The lowest BCUT2D eigenvalue weighted by Crippen LogP contribution is -2.12. The molecule has 1 nitrogen and oxygen atoms in total. The SMILES string of the molecule is Cl.NCc1ccc(-c2ccccc2)cc1C(F)(F)F. The molecule has 0 amide bonds. The molecule has 2 aromatic rings. The van der Waals surface area contributed by atoms with Gasteiger partial charge in [-0.25, -0.2) is 0 Å². The van der Waals surface area contributed by atoms with Crippen LogP contribution in [0.1, 0.15) is 11.1 Å². The van der Waals surface area contributed by atoms with Crippen LogP contribution in [0.25, 0.3) is 11.1 Å². The summed E-state index contributed by atoms with van der Waals surface area (Å²) in [5.74, 6) is 0. The van der Waals surface area contributed by atoms with Crippen LogP contribution in [0.15, 0.2) is 48.5 Å². The van der Waals surface area contributed by atoms with E-state index in [0.29, 0.717) is 5.56 Å². The van der Waals surface area contributed by atoms with Gasteiger partial charge in [0.05, 0.1) is 5.56 Å². The quantitative estimate of drug-likeness (QED) is 0.878. The van der Waals surface area contributed by atoms with Crippen LogP contribution in [0.4, 0.5) is 13.2 Å². The van der Waals surface area contributed by atoms with Crippen molar-refractivity contribution in [2.24, 2.45) is 5.73 Å². The molecule has 19 heavy (non-hydrogen) atoms. The molecule has 0 atom stereocenters. The summed E-state index contributed by atoms with van der Waals surface area (Å²) in [6.45, 7) is -0.121. The molecule has 2 N–H and O–H groups in total. The van der Waals surface area contributed by atoms with Gasteiger partial charge in [-0.3, -0.25) is 0 Å². The summed E-state index contributed by atoms with van der Waals surface area (Å²) in [6.07, 6.45) is -4.38. The smallest absolute Gasteiger partial charge is 0.326 e. The molecule has 0 aliphatic carbocycles. The average molecular weight is 288 g/mol. The number of hydrogen-bond donors (Lipinski definition) is 1. The lowest BCUT2D eigenvalue weighted by atomic mass is 9.99. The molecule has 0 saturated carbocycles. The molecular weight excluding hydrogens is 275 g/mol. The van der Waals surface area contributed by atoms with E-state index in [0.717, 1.165) is 11.6 Å². The summed E-state index contributed by atoms with van der Waals surface area (Å²) in [4.78, 5) is 0. The normalized spacial score (nSPS) is 10.9. The van der Waals surface area contributed by atoms with Crippen molar-refractivity contribution >= 4 is 12.4 Å². The molecule has 0 aliphatic rings. The maximum atomic E-state index is 12.9. The Hall–Kier alpha value is -1.52. The van der Waals surface area contributed by atoms with Crippen molar-refractivity contribution in [2.75, 3.05) is 0 Å². The van der Waals surface area contributed by atoms with Crippen molar-refractivity contribution in [3.05, 3.63) is 59.7 Å². The van der Waals surface area contributed by atoms with Crippen LogP contribution in [-0.4, -0.2) is 0 Å². The van der Waals surface area contributed by atoms with E-state index < -0.39 is 11.7 Å². The van der Waals surface area contributed by atoms with Crippen molar-refractivity contribution in [2.45, 2.75) is 12.7 Å². The molecule has 0 spiro atoms. The van der Waals surface area contributed by atoms with Crippen molar-refractivity contribution in [1.82, 2.24) is 0 Å². The second-order valence-electron chi connectivity index (χ2n) is 3.94. The molecule has 0 unspecified atom stereocenters. The Morgan fingerprint density at radius 3 is 2.05 bits per heavy atom. The topological polar surface area (TPSA) is 26.0 Å². The predicted molar refractivity (Wildman–Crippen MR) is 72.0 cm³/mol. The highest BCUT2D eigenvalue weighted by atomic mass is 35.5. The molecule has 0 fully saturated rings. The summed E-state index contributed by atoms with van der Waals surface area (Å²) in [5.41, 5.74) is 6.09. The Bertz CT molecular complexity index is 538. The maximum Gasteiger partial charge on any atom is 0.416 e. The number of alkyl halides is 3. The van der Waals surface area contributed by atoms with E-state index in [4.69, 9.17) is 5.73 Å². The number of rotatable bonds is 2. The fourth-order valence-electron chi connectivity index (χ4n) is 1.83. The monoisotopic (exact) mass is 287 g/mol. The van der Waals surface area contributed by atoms with E-state index in [9.17, 15) is 13.2 Å². The number of benzene rings is 2. The first-order chi connectivity index (χ1) is 8.52. The minimum absolute atomic E-state index is 0. The number of nitrogens with two attached hydrogens (primary N) is 1. The van der Waals surface area contributed by atoms with Crippen LogP contribution in [0.2, 0.25) is 0 Å². The molecule has 0 saturated heterocycles. The minimum atomic E-state index is -4.38. The highest BCUT2D eigenvalue weighted by molar-refractivity contribution is 5.85. The zero-order valence-electron chi connectivity index (χ0n) is 9.95. The van der Waals surface area contributed by atoms with Gasteiger partial charge in [0.1, 0.15) is 0 Å². The van der Waals surface area contributed by atoms with Crippen LogP contribution >= 0.6 is 12.4 Å². The lowest BCUT2D eigenvalue weighted by molar-refractivity contribution is -0.138. The summed E-state index contributed by atoms with van der Waals surface area (Å²) in [7, 11) is 0. The first-order valence-electron chi connectivity index (χ1n) is 5.48. The fourth-order valence-corrected chi connectivity index (χ4v) is 1.83. The maximum absolute atomic E-state index is 12.9. The van der Waals surface area contributed by atoms with Crippen LogP contribution in [0, 0.1) is 0 Å². The standard InChI is InChI=1S/C14H12F3N.ClH/c15-14(16,17)13-8-11(6-7-12(13)9-18)10-4-2-1-3-5-10;/h1-8H,9,18H2;1H. The fraction of sp³-hybridized carbons (Fsp3) is 0.143. The molecular formula is C14H13ClF3N. The van der Waals surface area contributed by atoms with Crippen molar-refractivity contribution < 1.29 is 13.2 Å². The van der Waals surface area contributed by atoms with Crippen molar-refractivity contribution in [3.63, 3.8) is 0 Å². The van der Waals surface area contributed by atoms with Gasteiger partial charge in [-0.05, 0) is 22.8 Å². The summed E-state index contributed by atoms with van der Waals surface area (Å²) < 4.78 is 38.6. The van der Waals surface area contributed by atoms with Crippen molar-refractivity contribution in [1.29, 1.82) is 0 Å². The molecule has 2 rings (SSSR count).